The Balaban J connectivity index is 2.16. The molecule has 0 spiro atoms. The number of esters is 1. The van der Waals surface area contributed by atoms with E-state index < -0.39 is 16.0 Å². The molecule has 1 aliphatic heterocycles. The molecule has 1 aliphatic rings. The third-order valence-corrected chi connectivity index (χ3v) is 5.84. The summed E-state index contributed by atoms with van der Waals surface area (Å²) in [6.07, 6.45) is 0.708. The Bertz CT molecular complexity index is 779. The minimum atomic E-state index is -3.55. The van der Waals surface area contributed by atoms with Gasteiger partial charge in [-0.05, 0) is 44.4 Å². The van der Waals surface area contributed by atoms with E-state index in [1.165, 1.54) is 4.31 Å². The van der Waals surface area contributed by atoms with E-state index in [1.54, 1.807) is 31.2 Å². The average Bonchev–Trinajstić information content (AvgIpc) is 2.57. The molecule has 0 bridgehead atoms. The van der Waals surface area contributed by atoms with Crippen molar-refractivity contribution < 1.29 is 17.9 Å². The van der Waals surface area contributed by atoms with Crippen LogP contribution < -0.4 is 0 Å². The van der Waals surface area contributed by atoms with Gasteiger partial charge in [0.25, 0.3) is 0 Å². The summed E-state index contributed by atoms with van der Waals surface area (Å²) in [6.45, 7) is 4.26. The van der Waals surface area contributed by atoms with E-state index in [9.17, 15) is 13.2 Å². The van der Waals surface area contributed by atoms with E-state index in [2.05, 4.69) is 0 Å². The summed E-state index contributed by atoms with van der Waals surface area (Å²) in [6, 6.07) is 8.59. The van der Waals surface area contributed by atoms with E-state index in [0.717, 1.165) is 5.56 Å². The van der Waals surface area contributed by atoms with Gasteiger partial charge in [-0.25, -0.2) is 13.2 Å². The number of nitriles is 1. The predicted octanol–water partition coefficient (Wildman–Crippen LogP) is 2.16. The van der Waals surface area contributed by atoms with Crippen molar-refractivity contribution in [2.45, 2.75) is 31.6 Å². The van der Waals surface area contributed by atoms with Gasteiger partial charge >= 0.3 is 5.97 Å². The highest BCUT2D eigenvalue weighted by Gasteiger charge is 2.29. The number of hydrogen-bond acceptors (Lipinski definition) is 5. The third-order valence-electron chi connectivity index (χ3n) is 3.93. The molecule has 0 aliphatic carbocycles. The van der Waals surface area contributed by atoms with Gasteiger partial charge in [-0.3, -0.25) is 0 Å². The van der Waals surface area contributed by atoms with Crippen LogP contribution in [0.25, 0.3) is 0 Å². The Morgan fingerprint density at radius 1 is 1.25 bits per heavy atom. The van der Waals surface area contributed by atoms with Gasteiger partial charge in [0.1, 0.15) is 11.6 Å². The van der Waals surface area contributed by atoms with Gasteiger partial charge in [0.2, 0.25) is 10.0 Å². The second-order valence-corrected chi connectivity index (χ2v) is 7.47. The van der Waals surface area contributed by atoms with Crippen LogP contribution in [0.15, 0.2) is 40.3 Å². The van der Waals surface area contributed by atoms with Gasteiger partial charge in [0.05, 0.1) is 11.5 Å². The van der Waals surface area contributed by atoms with Crippen LogP contribution in [0.3, 0.4) is 0 Å². The molecule has 24 heavy (non-hydrogen) atoms. The third kappa shape index (κ3) is 3.83. The lowest BCUT2D eigenvalue weighted by atomic mass is 10.00. The predicted molar refractivity (Wildman–Crippen MR) is 88.4 cm³/mol. The maximum atomic E-state index is 12.6. The Labute approximate surface area is 142 Å². The Hall–Kier alpha value is -2.17. The summed E-state index contributed by atoms with van der Waals surface area (Å²) in [7, 11) is -3.55. The lowest BCUT2D eigenvalue weighted by Crippen LogP contribution is -2.36. The Morgan fingerprint density at radius 3 is 2.33 bits per heavy atom. The number of rotatable bonds is 4. The fourth-order valence-corrected chi connectivity index (χ4v) is 4.02. The molecule has 0 N–H and O–H groups in total. The maximum absolute atomic E-state index is 12.6. The van der Waals surface area contributed by atoms with Crippen LogP contribution in [-0.2, 0) is 19.6 Å². The smallest absolute Gasteiger partial charge is 0.348 e. The van der Waals surface area contributed by atoms with Gasteiger partial charge in [0, 0.05) is 13.1 Å². The first-order valence-electron chi connectivity index (χ1n) is 7.76. The van der Waals surface area contributed by atoms with Crippen molar-refractivity contribution in [2.24, 2.45) is 0 Å². The second-order valence-electron chi connectivity index (χ2n) is 5.53. The van der Waals surface area contributed by atoms with E-state index in [0.29, 0.717) is 18.4 Å². The van der Waals surface area contributed by atoms with E-state index in [1.807, 2.05) is 13.0 Å². The highest BCUT2D eigenvalue weighted by molar-refractivity contribution is 7.89. The molecule has 2 rings (SSSR count). The summed E-state index contributed by atoms with van der Waals surface area (Å²) in [5.74, 6) is -0.634. The number of nitrogens with zero attached hydrogens (tertiary/aromatic N) is 2. The van der Waals surface area contributed by atoms with E-state index >= 15 is 0 Å². The number of carbonyl (C=O) groups excluding carboxylic acids is 1. The SMILES string of the molecule is CCOC(=O)C(C#N)=C1CCN(S(=O)(=O)c2ccc(C)cc2)CC1. The van der Waals surface area contributed by atoms with Crippen LogP contribution in [0.1, 0.15) is 25.3 Å². The average molecular weight is 348 g/mol. The highest BCUT2D eigenvalue weighted by atomic mass is 32.2. The van der Waals surface area contributed by atoms with Gasteiger partial charge < -0.3 is 4.74 Å². The second kappa shape index (κ2) is 7.60. The molecular weight excluding hydrogens is 328 g/mol. The molecule has 1 heterocycles. The van der Waals surface area contributed by atoms with Crippen molar-refractivity contribution in [2.75, 3.05) is 19.7 Å². The molecule has 0 unspecified atom stereocenters. The molecule has 1 saturated heterocycles. The zero-order valence-corrected chi connectivity index (χ0v) is 14.6. The summed E-state index contributed by atoms with van der Waals surface area (Å²) in [5, 5.41) is 9.16. The molecule has 128 valence electrons. The number of benzene rings is 1. The molecule has 0 aromatic heterocycles. The van der Waals surface area contributed by atoms with Crippen LogP contribution in [0.2, 0.25) is 0 Å². The number of carbonyl (C=O) groups is 1. The van der Waals surface area contributed by atoms with Gasteiger partial charge in [0.15, 0.2) is 0 Å². The largest absolute Gasteiger partial charge is 0.462 e. The van der Waals surface area contributed by atoms with Crippen molar-refractivity contribution in [3.63, 3.8) is 0 Å². The van der Waals surface area contributed by atoms with Crippen molar-refractivity contribution in [3.05, 3.63) is 41.0 Å². The minimum Gasteiger partial charge on any atom is -0.462 e. The van der Waals surface area contributed by atoms with Crippen LogP contribution in [-0.4, -0.2) is 38.4 Å². The summed E-state index contributed by atoms with van der Waals surface area (Å²) >= 11 is 0. The first-order chi connectivity index (χ1) is 11.4. The molecule has 1 aromatic rings. The van der Waals surface area contributed by atoms with E-state index in [4.69, 9.17) is 10.00 Å². The zero-order chi connectivity index (χ0) is 17.7. The lowest BCUT2D eigenvalue weighted by molar-refractivity contribution is -0.138. The molecule has 0 amide bonds. The molecule has 7 heteroatoms. The normalized spacial score (nSPS) is 15.6. The molecule has 1 aromatic carbocycles. The van der Waals surface area contributed by atoms with Crippen molar-refractivity contribution >= 4 is 16.0 Å². The number of piperidine rings is 1. The highest BCUT2D eigenvalue weighted by Crippen LogP contribution is 2.25. The zero-order valence-electron chi connectivity index (χ0n) is 13.8. The summed E-state index contributed by atoms with van der Waals surface area (Å²) in [5.41, 5.74) is 1.65. The first-order valence-corrected chi connectivity index (χ1v) is 9.20. The number of ether oxygens (including phenoxy) is 1. The fourth-order valence-electron chi connectivity index (χ4n) is 2.58. The molecular formula is C17H20N2O4S. The van der Waals surface area contributed by atoms with Gasteiger partial charge in [-0.2, -0.15) is 9.57 Å². The number of aryl methyl sites for hydroxylation is 1. The first kappa shape index (κ1) is 18.2. The van der Waals surface area contributed by atoms with Crippen LogP contribution >= 0.6 is 0 Å². The standard InChI is InChI=1S/C17H20N2O4S/c1-3-23-17(20)16(12-18)14-8-10-19(11-9-14)24(21,22)15-6-4-13(2)5-7-15/h4-7H,3,8-11H2,1-2H3. The summed E-state index contributed by atoms with van der Waals surface area (Å²) in [4.78, 5) is 12.0. The Morgan fingerprint density at radius 2 is 1.83 bits per heavy atom. The maximum Gasteiger partial charge on any atom is 0.348 e. The molecule has 0 atom stereocenters. The van der Waals surface area contributed by atoms with Crippen LogP contribution in [0.4, 0.5) is 0 Å². The van der Waals surface area contributed by atoms with Crippen molar-refractivity contribution in [1.82, 2.24) is 4.31 Å². The number of sulfonamides is 1. The van der Waals surface area contributed by atoms with Gasteiger partial charge in [-0.15, -0.1) is 0 Å². The van der Waals surface area contributed by atoms with Gasteiger partial charge in [-0.1, -0.05) is 17.7 Å². The molecule has 0 saturated carbocycles. The molecule has 0 radical (unpaired) electrons. The van der Waals surface area contributed by atoms with Crippen molar-refractivity contribution in [3.8, 4) is 6.07 Å². The monoisotopic (exact) mass is 348 g/mol. The Kier molecular flexibility index (Phi) is 5.75. The number of hydrogen-bond donors (Lipinski definition) is 0. The van der Waals surface area contributed by atoms with Crippen molar-refractivity contribution in [1.29, 1.82) is 5.26 Å². The minimum absolute atomic E-state index is 0.00392. The van der Waals surface area contributed by atoms with E-state index in [-0.39, 0.29) is 30.2 Å². The fraction of sp³-hybridized carbons (Fsp3) is 0.412. The summed E-state index contributed by atoms with van der Waals surface area (Å²) < 4.78 is 31.5. The lowest BCUT2D eigenvalue weighted by Gasteiger charge is -2.28. The quantitative estimate of drug-likeness (QED) is 0.473. The topological polar surface area (TPSA) is 87.5 Å². The molecule has 1 fully saturated rings. The van der Waals surface area contributed by atoms with Crippen LogP contribution in [0.5, 0.6) is 0 Å². The molecule has 6 nitrogen and oxygen atoms in total. The van der Waals surface area contributed by atoms with Crippen LogP contribution in [0, 0.1) is 18.3 Å².